The number of nitrogens with one attached hydrogen (secondary N) is 1. The smallest absolute Gasteiger partial charge is 0.245 e. The van der Waals surface area contributed by atoms with E-state index < -0.39 is 0 Å². The van der Waals surface area contributed by atoms with E-state index in [1.54, 1.807) is 4.90 Å². The van der Waals surface area contributed by atoms with Gasteiger partial charge in [-0.1, -0.05) is 27.4 Å². The molecule has 1 atom stereocenters. The predicted molar refractivity (Wildman–Crippen MR) is 73.9 cm³/mol. The van der Waals surface area contributed by atoms with Crippen molar-refractivity contribution in [2.45, 2.75) is 33.6 Å². The van der Waals surface area contributed by atoms with Crippen LogP contribution in [-0.4, -0.2) is 38.0 Å². The van der Waals surface area contributed by atoms with Gasteiger partial charge < -0.3 is 10.2 Å². The van der Waals surface area contributed by atoms with E-state index in [0.717, 1.165) is 25.9 Å². The number of carbonyl (C=O) groups is 1. The molecule has 17 heavy (non-hydrogen) atoms. The summed E-state index contributed by atoms with van der Waals surface area (Å²) in [6.07, 6.45) is 3.66. The van der Waals surface area contributed by atoms with Crippen molar-refractivity contribution in [1.29, 1.82) is 0 Å². The average Bonchev–Trinajstić information content (AvgIpc) is 2.24. The zero-order valence-corrected chi connectivity index (χ0v) is 12.0. The van der Waals surface area contributed by atoms with Crippen LogP contribution in [0.2, 0.25) is 0 Å². The highest BCUT2D eigenvalue weighted by Gasteiger charge is 2.21. The molecule has 1 N–H and O–H groups in total. The Morgan fingerprint density at radius 1 is 1.53 bits per heavy atom. The van der Waals surface area contributed by atoms with E-state index in [9.17, 15) is 4.79 Å². The van der Waals surface area contributed by atoms with Crippen LogP contribution in [0.25, 0.3) is 0 Å². The largest absolute Gasteiger partial charge is 0.342 e. The molecule has 0 rings (SSSR count). The molecule has 0 saturated heterocycles. The van der Waals surface area contributed by atoms with Gasteiger partial charge in [0.05, 0.1) is 0 Å². The molecule has 100 valence electrons. The zero-order valence-electron chi connectivity index (χ0n) is 12.0. The van der Waals surface area contributed by atoms with Gasteiger partial charge >= 0.3 is 0 Å². The second kappa shape index (κ2) is 7.49. The van der Waals surface area contributed by atoms with E-state index >= 15 is 0 Å². The summed E-state index contributed by atoms with van der Waals surface area (Å²) in [7, 11) is 3.82. The van der Waals surface area contributed by atoms with E-state index in [2.05, 4.69) is 32.7 Å². The van der Waals surface area contributed by atoms with Crippen LogP contribution >= 0.6 is 0 Å². The number of nitrogens with zero attached hydrogens (tertiary/aromatic N) is 1. The van der Waals surface area contributed by atoms with E-state index in [1.807, 2.05) is 14.1 Å². The Bertz CT molecular complexity index is 249. The Balaban J connectivity index is 4.11. The van der Waals surface area contributed by atoms with Crippen LogP contribution in [0.3, 0.4) is 0 Å². The van der Waals surface area contributed by atoms with Gasteiger partial charge in [-0.25, -0.2) is 0 Å². The highest BCUT2D eigenvalue weighted by Crippen LogP contribution is 2.29. The third kappa shape index (κ3) is 7.16. The molecule has 0 spiro atoms. The summed E-state index contributed by atoms with van der Waals surface area (Å²) < 4.78 is 0. The molecule has 0 aromatic carbocycles. The van der Waals surface area contributed by atoms with Crippen molar-refractivity contribution in [3.8, 4) is 0 Å². The minimum atomic E-state index is 0.00452. The molecule has 0 aliphatic carbocycles. The quantitative estimate of drug-likeness (QED) is 0.660. The Morgan fingerprint density at radius 3 is 2.59 bits per heavy atom. The average molecular weight is 240 g/mol. The molecule has 0 heterocycles. The molecule has 0 aliphatic rings. The van der Waals surface area contributed by atoms with Crippen molar-refractivity contribution in [3.05, 3.63) is 12.7 Å². The molecule has 0 radical (unpaired) electrons. The van der Waals surface area contributed by atoms with Crippen molar-refractivity contribution in [3.63, 3.8) is 0 Å². The lowest BCUT2D eigenvalue weighted by Gasteiger charge is -2.30. The fourth-order valence-corrected chi connectivity index (χ4v) is 2.29. The first-order valence-corrected chi connectivity index (χ1v) is 6.34. The normalized spacial score (nSPS) is 13.2. The number of hydrogen-bond donors (Lipinski definition) is 1. The summed E-state index contributed by atoms with van der Waals surface area (Å²) in [5.74, 6) is 0.514. The van der Waals surface area contributed by atoms with Gasteiger partial charge in [0.2, 0.25) is 5.91 Å². The maximum atomic E-state index is 11.4. The van der Waals surface area contributed by atoms with Crippen LogP contribution in [-0.2, 0) is 4.79 Å². The first-order valence-electron chi connectivity index (χ1n) is 6.34. The molecule has 1 unspecified atom stereocenters. The maximum Gasteiger partial charge on any atom is 0.245 e. The summed E-state index contributed by atoms with van der Waals surface area (Å²) in [4.78, 5) is 13.1. The Labute approximate surface area is 106 Å². The summed E-state index contributed by atoms with van der Waals surface area (Å²) in [5, 5.41) is 3.19. The molecular formula is C14H28N2O. The fourth-order valence-electron chi connectivity index (χ4n) is 2.29. The van der Waals surface area contributed by atoms with Crippen molar-refractivity contribution in [2.75, 3.05) is 27.2 Å². The molecule has 3 heteroatoms. The summed E-state index contributed by atoms with van der Waals surface area (Å²) in [6, 6.07) is 0. The van der Waals surface area contributed by atoms with Crippen molar-refractivity contribution in [1.82, 2.24) is 10.2 Å². The Morgan fingerprint density at radius 2 is 2.12 bits per heavy atom. The molecule has 0 bridgehead atoms. The van der Waals surface area contributed by atoms with Crippen LogP contribution in [0.15, 0.2) is 12.7 Å². The highest BCUT2D eigenvalue weighted by atomic mass is 16.2. The molecule has 0 aromatic heterocycles. The predicted octanol–water partition coefficient (Wildman–Crippen LogP) is 2.29. The third-order valence-electron chi connectivity index (χ3n) is 3.09. The van der Waals surface area contributed by atoms with Crippen molar-refractivity contribution < 1.29 is 4.79 Å². The van der Waals surface area contributed by atoms with Crippen molar-refractivity contribution >= 4 is 5.91 Å². The molecule has 0 saturated carbocycles. The van der Waals surface area contributed by atoms with E-state index in [0.29, 0.717) is 11.3 Å². The standard InChI is InChI=1S/C14H28N2O/c1-7-13(17)16(6)11-12(2)10-14(3,4)8-9-15-5/h7,12,15H,1,8-11H2,2-6H3. The summed E-state index contributed by atoms with van der Waals surface area (Å²) in [5.41, 5.74) is 0.320. The topological polar surface area (TPSA) is 32.3 Å². The van der Waals surface area contributed by atoms with Gasteiger partial charge in [0.1, 0.15) is 0 Å². The monoisotopic (exact) mass is 240 g/mol. The highest BCUT2D eigenvalue weighted by molar-refractivity contribution is 5.86. The SMILES string of the molecule is C=CC(=O)N(C)CC(C)CC(C)(C)CCNC. The third-order valence-corrected chi connectivity index (χ3v) is 3.09. The molecule has 0 aromatic rings. The van der Waals surface area contributed by atoms with Gasteiger partial charge in [0.15, 0.2) is 0 Å². The number of hydrogen-bond acceptors (Lipinski definition) is 2. The first kappa shape index (κ1) is 16.2. The summed E-state index contributed by atoms with van der Waals surface area (Å²) in [6.45, 7) is 12.1. The van der Waals surface area contributed by atoms with Gasteiger partial charge in [-0.3, -0.25) is 4.79 Å². The Kier molecular flexibility index (Phi) is 7.12. The van der Waals surface area contributed by atoms with Gasteiger partial charge in [0, 0.05) is 13.6 Å². The lowest BCUT2D eigenvalue weighted by molar-refractivity contribution is -0.125. The lowest BCUT2D eigenvalue weighted by Crippen LogP contribution is -2.32. The second-order valence-corrected chi connectivity index (χ2v) is 5.75. The van der Waals surface area contributed by atoms with Gasteiger partial charge in [-0.15, -0.1) is 0 Å². The zero-order chi connectivity index (χ0) is 13.5. The minimum Gasteiger partial charge on any atom is -0.342 e. The molecular weight excluding hydrogens is 212 g/mol. The van der Waals surface area contributed by atoms with Crippen LogP contribution < -0.4 is 5.32 Å². The van der Waals surface area contributed by atoms with E-state index in [4.69, 9.17) is 0 Å². The van der Waals surface area contributed by atoms with Crippen LogP contribution in [0.5, 0.6) is 0 Å². The van der Waals surface area contributed by atoms with Gasteiger partial charge in [0.25, 0.3) is 0 Å². The summed E-state index contributed by atoms with van der Waals surface area (Å²) >= 11 is 0. The first-order chi connectivity index (χ1) is 7.82. The molecule has 3 nitrogen and oxygen atoms in total. The number of likely N-dealkylation sites (N-methyl/N-ethyl adjacent to an activating group) is 1. The van der Waals surface area contributed by atoms with Gasteiger partial charge in [-0.05, 0) is 43.8 Å². The maximum absolute atomic E-state index is 11.4. The van der Waals surface area contributed by atoms with Crippen LogP contribution in [0.4, 0.5) is 0 Å². The molecule has 1 amide bonds. The van der Waals surface area contributed by atoms with Gasteiger partial charge in [-0.2, -0.15) is 0 Å². The van der Waals surface area contributed by atoms with E-state index in [1.165, 1.54) is 6.08 Å². The van der Waals surface area contributed by atoms with Crippen LogP contribution in [0, 0.1) is 11.3 Å². The molecule has 0 aliphatic heterocycles. The number of rotatable bonds is 8. The number of carbonyl (C=O) groups excluding carboxylic acids is 1. The van der Waals surface area contributed by atoms with Crippen molar-refractivity contribution in [2.24, 2.45) is 11.3 Å². The Hall–Kier alpha value is -0.830. The fraction of sp³-hybridized carbons (Fsp3) is 0.786. The second-order valence-electron chi connectivity index (χ2n) is 5.75. The lowest BCUT2D eigenvalue weighted by atomic mass is 9.80. The van der Waals surface area contributed by atoms with Crippen LogP contribution in [0.1, 0.15) is 33.6 Å². The van der Waals surface area contributed by atoms with E-state index in [-0.39, 0.29) is 5.91 Å². The number of amides is 1. The minimum absolute atomic E-state index is 0.00452. The molecule has 0 fully saturated rings.